The molecule has 0 saturated carbocycles. The Morgan fingerprint density at radius 3 is 2.79 bits per heavy atom. The molecule has 0 aromatic carbocycles. The summed E-state index contributed by atoms with van der Waals surface area (Å²) in [6, 6.07) is 2.20. The normalized spacial score (nSPS) is 25.7. The van der Waals surface area contributed by atoms with Crippen LogP contribution in [-0.2, 0) is 21.2 Å². The molecule has 1 aromatic heterocycles. The Labute approximate surface area is 148 Å². The quantitative estimate of drug-likeness (QED) is 0.817. The van der Waals surface area contributed by atoms with Crippen LogP contribution in [0, 0.1) is 5.92 Å². The zero-order chi connectivity index (χ0) is 17.3. The number of nitrogens with zero attached hydrogens (tertiary/aromatic N) is 2. The lowest BCUT2D eigenvalue weighted by Gasteiger charge is -2.47. The van der Waals surface area contributed by atoms with Crippen LogP contribution in [0.25, 0.3) is 0 Å². The van der Waals surface area contributed by atoms with Crippen LogP contribution in [0.1, 0.15) is 38.7 Å². The molecule has 3 heterocycles. The van der Waals surface area contributed by atoms with Gasteiger partial charge >= 0.3 is 0 Å². The van der Waals surface area contributed by atoms with E-state index < -0.39 is 10.0 Å². The van der Waals surface area contributed by atoms with Gasteiger partial charge in [-0.2, -0.15) is 11.3 Å². The smallest absolute Gasteiger partial charge is 0.227 e. The number of sulfonamides is 1. The first-order chi connectivity index (χ1) is 11.4. The van der Waals surface area contributed by atoms with E-state index in [1.807, 2.05) is 21.7 Å². The molecule has 0 aliphatic carbocycles. The summed E-state index contributed by atoms with van der Waals surface area (Å²) in [7, 11) is -3.20. The minimum Gasteiger partial charge on any atom is -0.339 e. The van der Waals surface area contributed by atoms with Crippen LogP contribution >= 0.6 is 11.3 Å². The highest BCUT2D eigenvalue weighted by Gasteiger charge is 2.41. The molecule has 2 aliphatic rings. The van der Waals surface area contributed by atoms with Crippen LogP contribution in [0.5, 0.6) is 0 Å². The maximum Gasteiger partial charge on any atom is 0.227 e. The van der Waals surface area contributed by atoms with Gasteiger partial charge in [0.25, 0.3) is 0 Å². The Morgan fingerprint density at radius 1 is 1.33 bits per heavy atom. The summed E-state index contributed by atoms with van der Waals surface area (Å²) in [5.74, 6) is 0.454. The van der Waals surface area contributed by atoms with E-state index >= 15 is 0 Å². The Balaban J connectivity index is 1.68. The van der Waals surface area contributed by atoms with Crippen LogP contribution < -0.4 is 0 Å². The largest absolute Gasteiger partial charge is 0.339 e. The van der Waals surface area contributed by atoms with Crippen LogP contribution in [0.15, 0.2) is 16.8 Å². The summed E-state index contributed by atoms with van der Waals surface area (Å²) in [5, 5.41) is 3.64. The molecule has 1 aromatic rings. The fourth-order valence-corrected chi connectivity index (χ4v) is 5.90. The average molecular weight is 371 g/mol. The van der Waals surface area contributed by atoms with Crippen LogP contribution in [-0.4, -0.2) is 54.5 Å². The highest BCUT2D eigenvalue weighted by atomic mass is 32.2. The van der Waals surface area contributed by atoms with Crippen molar-refractivity contribution in [1.82, 2.24) is 9.21 Å². The summed E-state index contributed by atoms with van der Waals surface area (Å²) in [5.41, 5.74) is 1.08. The second kappa shape index (κ2) is 7.14. The van der Waals surface area contributed by atoms with E-state index in [2.05, 4.69) is 0 Å². The molecule has 24 heavy (non-hydrogen) atoms. The number of hydrogen-bond acceptors (Lipinski definition) is 4. The Bertz CT molecular complexity index is 670. The molecule has 3 rings (SSSR count). The van der Waals surface area contributed by atoms with Crippen molar-refractivity contribution >= 4 is 27.3 Å². The summed E-state index contributed by atoms with van der Waals surface area (Å²) >= 11 is 1.61. The minimum absolute atomic E-state index is 0.184. The number of likely N-dealkylation sites (tertiary alicyclic amines) is 1. The Kier molecular flexibility index (Phi) is 5.32. The number of thiophene rings is 1. The fourth-order valence-electron chi connectivity index (χ4n) is 3.88. The van der Waals surface area contributed by atoms with E-state index in [9.17, 15) is 13.2 Å². The van der Waals surface area contributed by atoms with E-state index in [4.69, 9.17) is 0 Å². The SMILES string of the molecule is CC(C)S(=O)(=O)N1CC[C@@H]2[C@H](CCCN2C(=O)Cc2ccsc2)C1. The number of carbonyl (C=O) groups excluding carboxylic acids is 1. The van der Waals surface area contributed by atoms with E-state index in [0.717, 1.165) is 31.4 Å². The van der Waals surface area contributed by atoms with Gasteiger partial charge in [0, 0.05) is 25.7 Å². The summed E-state index contributed by atoms with van der Waals surface area (Å²) < 4.78 is 26.5. The van der Waals surface area contributed by atoms with Gasteiger partial charge in [-0.05, 0) is 61.4 Å². The standard InChI is InChI=1S/C17H26N2O3S2/c1-13(2)24(21,22)18-8-5-16-15(11-18)4-3-7-19(16)17(20)10-14-6-9-23-12-14/h6,9,12-13,15-16H,3-5,7-8,10-11H2,1-2H3/t15-,16-/m1/s1. The number of amides is 1. The van der Waals surface area contributed by atoms with Gasteiger partial charge in [-0.3, -0.25) is 4.79 Å². The molecule has 2 saturated heterocycles. The highest BCUT2D eigenvalue weighted by molar-refractivity contribution is 7.89. The third-order valence-corrected chi connectivity index (χ3v) is 8.22. The van der Waals surface area contributed by atoms with Crippen LogP contribution in [0.2, 0.25) is 0 Å². The predicted molar refractivity (Wildman–Crippen MR) is 96.5 cm³/mol. The van der Waals surface area contributed by atoms with E-state index in [1.54, 1.807) is 29.5 Å². The zero-order valence-corrected chi connectivity index (χ0v) is 16.0. The molecule has 134 valence electrons. The average Bonchev–Trinajstić information content (AvgIpc) is 3.06. The number of piperidine rings is 2. The van der Waals surface area contributed by atoms with Gasteiger partial charge in [0.05, 0.1) is 11.7 Å². The summed E-state index contributed by atoms with van der Waals surface area (Å²) in [6.45, 7) is 5.37. The maximum absolute atomic E-state index is 12.7. The third kappa shape index (κ3) is 3.53. The molecule has 1 amide bonds. The molecule has 7 heteroatoms. The van der Waals surface area contributed by atoms with E-state index in [1.165, 1.54) is 0 Å². The molecule has 0 N–H and O–H groups in total. The number of fused-ring (bicyclic) bond motifs is 1. The van der Waals surface area contributed by atoms with Crippen molar-refractivity contribution in [2.24, 2.45) is 5.92 Å². The topological polar surface area (TPSA) is 57.7 Å². The number of rotatable bonds is 4. The predicted octanol–water partition coefficient (Wildman–Crippen LogP) is 2.34. The molecule has 2 fully saturated rings. The first-order valence-electron chi connectivity index (χ1n) is 8.69. The van der Waals surface area contributed by atoms with E-state index in [-0.39, 0.29) is 23.1 Å². The van der Waals surface area contributed by atoms with Crippen LogP contribution in [0.3, 0.4) is 0 Å². The van der Waals surface area contributed by atoms with Gasteiger partial charge in [-0.1, -0.05) is 0 Å². The summed E-state index contributed by atoms with van der Waals surface area (Å²) in [4.78, 5) is 14.7. The summed E-state index contributed by atoms with van der Waals surface area (Å²) in [6.07, 6.45) is 3.19. The monoisotopic (exact) mass is 370 g/mol. The molecule has 0 bridgehead atoms. The van der Waals surface area contributed by atoms with Crippen molar-refractivity contribution < 1.29 is 13.2 Å². The van der Waals surface area contributed by atoms with Crippen molar-refractivity contribution in [3.63, 3.8) is 0 Å². The molecule has 0 spiro atoms. The maximum atomic E-state index is 12.7. The lowest BCUT2D eigenvalue weighted by molar-refractivity contribution is -0.137. The van der Waals surface area contributed by atoms with Gasteiger partial charge in [-0.15, -0.1) is 0 Å². The molecular formula is C17H26N2O3S2. The number of hydrogen-bond donors (Lipinski definition) is 0. The van der Waals surface area contributed by atoms with Gasteiger partial charge in [0.15, 0.2) is 0 Å². The van der Waals surface area contributed by atoms with Gasteiger partial charge in [0.2, 0.25) is 15.9 Å². The first-order valence-corrected chi connectivity index (χ1v) is 11.1. The Morgan fingerprint density at radius 2 is 2.12 bits per heavy atom. The molecule has 2 aliphatic heterocycles. The lowest BCUT2D eigenvalue weighted by atomic mass is 9.84. The molecule has 2 atom stereocenters. The fraction of sp³-hybridized carbons (Fsp3) is 0.706. The van der Waals surface area contributed by atoms with E-state index in [0.29, 0.717) is 19.5 Å². The van der Waals surface area contributed by atoms with Crippen molar-refractivity contribution in [1.29, 1.82) is 0 Å². The number of carbonyl (C=O) groups is 1. The molecule has 0 unspecified atom stereocenters. The third-order valence-electron chi connectivity index (χ3n) is 5.24. The Hall–Kier alpha value is -0.920. The van der Waals surface area contributed by atoms with Crippen LogP contribution in [0.4, 0.5) is 0 Å². The second-order valence-corrected chi connectivity index (χ2v) is 10.4. The van der Waals surface area contributed by atoms with Crippen molar-refractivity contribution in [3.05, 3.63) is 22.4 Å². The lowest BCUT2D eigenvalue weighted by Crippen LogP contribution is -2.57. The molecule has 5 nitrogen and oxygen atoms in total. The first kappa shape index (κ1) is 17.9. The molecule has 0 radical (unpaired) electrons. The van der Waals surface area contributed by atoms with Crippen molar-refractivity contribution in [2.75, 3.05) is 19.6 Å². The van der Waals surface area contributed by atoms with Gasteiger partial charge in [-0.25, -0.2) is 12.7 Å². The highest BCUT2D eigenvalue weighted by Crippen LogP contribution is 2.32. The van der Waals surface area contributed by atoms with Crippen molar-refractivity contribution in [3.8, 4) is 0 Å². The zero-order valence-electron chi connectivity index (χ0n) is 14.3. The molecular weight excluding hydrogens is 344 g/mol. The van der Waals surface area contributed by atoms with Crippen molar-refractivity contribution in [2.45, 2.75) is 50.8 Å². The van der Waals surface area contributed by atoms with Gasteiger partial charge in [0.1, 0.15) is 0 Å². The minimum atomic E-state index is -3.20. The second-order valence-electron chi connectivity index (χ2n) is 7.11. The van der Waals surface area contributed by atoms with Gasteiger partial charge < -0.3 is 4.90 Å².